The zero-order chi connectivity index (χ0) is 24.9. The van der Waals surface area contributed by atoms with Crippen LogP contribution in [0.2, 0.25) is 0 Å². The van der Waals surface area contributed by atoms with E-state index in [0.717, 1.165) is 12.0 Å². The van der Waals surface area contributed by atoms with Gasteiger partial charge in [0.1, 0.15) is 6.61 Å². The van der Waals surface area contributed by atoms with Crippen molar-refractivity contribution in [2.24, 2.45) is 0 Å². The van der Waals surface area contributed by atoms with Gasteiger partial charge in [0.05, 0.1) is 6.61 Å². The fourth-order valence-corrected chi connectivity index (χ4v) is 3.75. The molecule has 0 heterocycles. The van der Waals surface area contributed by atoms with Crippen LogP contribution in [-0.4, -0.2) is 6.61 Å². The van der Waals surface area contributed by atoms with Crippen molar-refractivity contribution < 1.29 is 27.0 Å². The number of rotatable bonds is 8. The predicted molar refractivity (Wildman–Crippen MR) is 128 cm³/mol. The number of hydrogen-bond donors (Lipinski definition) is 0. The van der Waals surface area contributed by atoms with Gasteiger partial charge in [-0.15, -0.1) is 0 Å². The van der Waals surface area contributed by atoms with Crippen molar-refractivity contribution in [1.82, 2.24) is 0 Å². The molecule has 0 saturated heterocycles. The van der Waals surface area contributed by atoms with Gasteiger partial charge in [-0.25, -0.2) is 8.78 Å². The molecule has 0 aromatic heterocycles. The van der Waals surface area contributed by atoms with Gasteiger partial charge in [0.2, 0.25) is 11.6 Å². The summed E-state index contributed by atoms with van der Waals surface area (Å²) < 4.78 is 68.4. The zero-order valence-corrected chi connectivity index (χ0v) is 19.4. The minimum Gasteiger partial charge on any atom is -0.491 e. The molecule has 0 N–H and O–H groups in total. The van der Waals surface area contributed by atoms with E-state index in [0.29, 0.717) is 16.7 Å². The highest BCUT2D eigenvalue weighted by molar-refractivity contribution is 5.72. The van der Waals surface area contributed by atoms with Crippen LogP contribution in [0.15, 0.2) is 72.8 Å². The summed E-state index contributed by atoms with van der Waals surface area (Å²) in [5, 5.41) is 0. The van der Waals surface area contributed by atoms with E-state index in [-0.39, 0.29) is 35.8 Å². The summed E-state index contributed by atoms with van der Waals surface area (Å²) in [4.78, 5) is 0. The zero-order valence-electron chi connectivity index (χ0n) is 19.4. The molecule has 6 heteroatoms. The maximum absolute atomic E-state index is 14.9. The first-order valence-corrected chi connectivity index (χ1v) is 11.3. The van der Waals surface area contributed by atoms with Crippen molar-refractivity contribution in [3.8, 4) is 33.8 Å². The average Bonchev–Trinajstić information content (AvgIpc) is 2.88. The third kappa shape index (κ3) is 5.16. The van der Waals surface area contributed by atoms with Gasteiger partial charge in [0.15, 0.2) is 23.1 Å². The second-order valence-corrected chi connectivity index (χ2v) is 7.95. The Labute approximate surface area is 201 Å². The molecule has 180 valence electrons. The van der Waals surface area contributed by atoms with Crippen molar-refractivity contribution >= 4 is 0 Å². The minimum absolute atomic E-state index is 0.0336. The highest BCUT2D eigenvalue weighted by atomic mass is 19.2. The summed E-state index contributed by atoms with van der Waals surface area (Å²) in [6.45, 7) is 3.88. The fraction of sp³-hybridized carbons (Fsp3) is 0.172. The van der Waals surface area contributed by atoms with Crippen LogP contribution in [0.4, 0.5) is 17.6 Å². The van der Waals surface area contributed by atoms with Gasteiger partial charge >= 0.3 is 0 Å². The molecule has 0 aliphatic carbocycles. The van der Waals surface area contributed by atoms with Crippen LogP contribution in [-0.2, 0) is 13.0 Å². The molecular formula is C29H24F4O2. The van der Waals surface area contributed by atoms with E-state index >= 15 is 0 Å². The number of halogens is 4. The van der Waals surface area contributed by atoms with Crippen LogP contribution >= 0.6 is 0 Å². The Balaban J connectivity index is 1.50. The summed E-state index contributed by atoms with van der Waals surface area (Å²) in [6.07, 6.45) is 0.864. The van der Waals surface area contributed by atoms with Crippen LogP contribution in [0, 0.1) is 23.3 Å². The highest BCUT2D eigenvalue weighted by Crippen LogP contribution is 2.32. The van der Waals surface area contributed by atoms with Crippen LogP contribution in [0.25, 0.3) is 22.3 Å². The first-order valence-electron chi connectivity index (χ1n) is 11.3. The molecule has 0 radical (unpaired) electrons. The summed E-state index contributed by atoms with van der Waals surface area (Å²) in [7, 11) is 0. The Morgan fingerprint density at radius 3 is 1.43 bits per heavy atom. The van der Waals surface area contributed by atoms with Crippen LogP contribution in [0.5, 0.6) is 11.5 Å². The molecule has 0 atom stereocenters. The molecule has 35 heavy (non-hydrogen) atoms. The normalized spacial score (nSPS) is 10.9. The molecule has 0 saturated carbocycles. The third-order valence-corrected chi connectivity index (χ3v) is 5.73. The molecule has 0 aliphatic rings. The van der Waals surface area contributed by atoms with Crippen LogP contribution in [0.3, 0.4) is 0 Å². The lowest BCUT2D eigenvalue weighted by atomic mass is 9.97. The predicted octanol–water partition coefficient (Wildman–Crippen LogP) is 8.12. The number of benzene rings is 4. The van der Waals surface area contributed by atoms with E-state index in [9.17, 15) is 17.6 Å². The largest absolute Gasteiger partial charge is 0.491 e. The van der Waals surface area contributed by atoms with Crippen molar-refractivity contribution in [2.45, 2.75) is 26.9 Å². The van der Waals surface area contributed by atoms with Gasteiger partial charge in [-0.1, -0.05) is 67.6 Å². The molecule has 0 unspecified atom stereocenters. The molecule has 0 spiro atoms. The van der Waals surface area contributed by atoms with Gasteiger partial charge in [-0.3, -0.25) is 0 Å². The quantitative estimate of drug-likeness (QED) is 0.237. The standard InChI is InChI=1S/C29H24F4O2/c1-3-18-5-9-20(10-6-18)22-13-14-23(27(31)26(22)30)21-11-7-19(8-12-21)17-35-25-16-15-24(34-4-2)28(32)29(25)33/h5-16H,3-4,17H2,1-2H3. The summed E-state index contributed by atoms with van der Waals surface area (Å²) in [6, 6.07) is 19.6. The number of aryl methyl sites for hydroxylation is 1. The Kier molecular flexibility index (Phi) is 7.39. The van der Waals surface area contributed by atoms with E-state index in [1.807, 2.05) is 19.1 Å². The monoisotopic (exact) mass is 480 g/mol. The fourth-order valence-electron chi connectivity index (χ4n) is 3.75. The van der Waals surface area contributed by atoms with E-state index in [4.69, 9.17) is 9.47 Å². The van der Waals surface area contributed by atoms with E-state index in [2.05, 4.69) is 0 Å². The topological polar surface area (TPSA) is 18.5 Å². The van der Waals surface area contributed by atoms with E-state index < -0.39 is 23.3 Å². The highest BCUT2D eigenvalue weighted by Gasteiger charge is 2.17. The molecule has 0 amide bonds. The Hall–Kier alpha value is -3.80. The second-order valence-electron chi connectivity index (χ2n) is 7.95. The Morgan fingerprint density at radius 1 is 0.514 bits per heavy atom. The summed E-state index contributed by atoms with van der Waals surface area (Å²) in [5.41, 5.74) is 3.18. The maximum Gasteiger partial charge on any atom is 0.204 e. The van der Waals surface area contributed by atoms with Crippen LogP contribution in [0.1, 0.15) is 25.0 Å². The molecule has 0 bridgehead atoms. The van der Waals surface area contributed by atoms with Crippen molar-refractivity contribution in [3.63, 3.8) is 0 Å². The number of ether oxygens (including phenoxy) is 2. The summed E-state index contributed by atoms with van der Waals surface area (Å²) >= 11 is 0. The first kappa shape index (κ1) is 24.3. The molecular weight excluding hydrogens is 456 g/mol. The first-order chi connectivity index (χ1) is 16.9. The Morgan fingerprint density at radius 2 is 0.971 bits per heavy atom. The second kappa shape index (κ2) is 10.6. The summed E-state index contributed by atoms with van der Waals surface area (Å²) in [5.74, 6) is -4.51. The van der Waals surface area contributed by atoms with Gasteiger partial charge in [0.25, 0.3) is 0 Å². The van der Waals surface area contributed by atoms with Gasteiger partial charge in [-0.2, -0.15) is 8.78 Å². The van der Waals surface area contributed by atoms with Crippen molar-refractivity contribution in [1.29, 1.82) is 0 Å². The molecule has 4 aromatic rings. The van der Waals surface area contributed by atoms with Crippen molar-refractivity contribution in [2.75, 3.05) is 6.61 Å². The lowest BCUT2D eigenvalue weighted by molar-refractivity contribution is 0.274. The number of hydrogen-bond acceptors (Lipinski definition) is 2. The van der Waals surface area contributed by atoms with Gasteiger partial charge < -0.3 is 9.47 Å². The lowest BCUT2D eigenvalue weighted by Crippen LogP contribution is -2.02. The minimum atomic E-state index is -1.13. The SMILES string of the molecule is CCOc1ccc(OCc2ccc(-c3ccc(-c4ccc(CC)cc4)c(F)c3F)cc2)c(F)c1F. The average molecular weight is 481 g/mol. The van der Waals surface area contributed by atoms with E-state index in [1.165, 1.54) is 12.1 Å². The maximum atomic E-state index is 14.9. The van der Waals surface area contributed by atoms with Gasteiger partial charge in [-0.05, 0) is 47.7 Å². The molecule has 4 rings (SSSR count). The Bertz CT molecular complexity index is 1320. The third-order valence-electron chi connectivity index (χ3n) is 5.73. The van der Waals surface area contributed by atoms with Crippen molar-refractivity contribution in [3.05, 3.63) is 107 Å². The molecule has 2 nitrogen and oxygen atoms in total. The lowest BCUT2D eigenvalue weighted by Gasteiger charge is -2.12. The molecule has 0 fully saturated rings. The molecule has 0 aliphatic heterocycles. The van der Waals surface area contributed by atoms with Gasteiger partial charge in [0, 0.05) is 11.1 Å². The van der Waals surface area contributed by atoms with Crippen LogP contribution < -0.4 is 9.47 Å². The van der Waals surface area contributed by atoms with E-state index in [1.54, 1.807) is 55.5 Å². The smallest absolute Gasteiger partial charge is 0.204 e. The molecule has 4 aromatic carbocycles.